The monoisotopic (exact) mass is 358 g/mol. The molecular weight excluding hydrogens is 328 g/mol. The Kier molecular flexibility index (Phi) is 4.58. The van der Waals surface area contributed by atoms with E-state index in [9.17, 15) is 14.7 Å². The lowest BCUT2D eigenvalue weighted by atomic mass is 9.52. The van der Waals surface area contributed by atoms with Gasteiger partial charge in [-0.2, -0.15) is 0 Å². The minimum absolute atomic E-state index is 0.145. The van der Waals surface area contributed by atoms with E-state index in [1.165, 1.54) is 18.4 Å². The summed E-state index contributed by atoms with van der Waals surface area (Å²) >= 11 is 0. The Morgan fingerprint density at radius 3 is 2.88 bits per heavy atom. The van der Waals surface area contributed by atoms with E-state index < -0.39 is 12.1 Å². The number of hydrogen-bond acceptors (Lipinski definition) is 3. The summed E-state index contributed by atoms with van der Waals surface area (Å²) in [5.74, 6) is 2.17. The fraction of sp³-hybridized carbons (Fsp3) is 0.727. The maximum Gasteiger partial charge on any atom is 0.305 e. The third-order valence-corrected chi connectivity index (χ3v) is 8.03. The molecule has 0 aliphatic heterocycles. The van der Waals surface area contributed by atoms with Crippen LogP contribution in [0.2, 0.25) is 0 Å². The van der Waals surface area contributed by atoms with Gasteiger partial charge in [0.2, 0.25) is 0 Å². The second-order valence-corrected chi connectivity index (χ2v) is 9.27. The summed E-state index contributed by atoms with van der Waals surface area (Å²) in [6.45, 7) is 2.38. The van der Waals surface area contributed by atoms with Crippen molar-refractivity contribution in [2.45, 2.75) is 64.4 Å². The average Bonchev–Trinajstić information content (AvgIpc) is 2.90. The van der Waals surface area contributed by atoms with Crippen LogP contribution in [-0.2, 0) is 9.59 Å². The third-order valence-electron chi connectivity index (χ3n) is 8.03. The molecule has 2 fully saturated rings. The van der Waals surface area contributed by atoms with Gasteiger partial charge in [0.1, 0.15) is 0 Å². The van der Waals surface area contributed by atoms with Crippen LogP contribution in [0.1, 0.15) is 58.3 Å². The van der Waals surface area contributed by atoms with Crippen LogP contribution < -0.4 is 0 Å². The summed E-state index contributed by atoms with van der Waals surface area (Å²) in [5.41, 5.74) is 1.45. The van der Waals surface area contributed by atoms with Crippen LogP contribution in [0.4, 0.5) is 0 Å². The number of allylic oxidation sites excluding steroid dienone is 4. The summed E-state index contributed by atoms with van der Waals surface area (Å²) in [5, 5.41) is 19.1. The van der Waals surface area contributed by atoms with E-state index in [-0.39, 0.29) is 17.6 Å². The van der Waals surface area contributed by atoms with Crippen molar-refractivity contribution in [3.63, 3.8) is 0 Å². The molecule has 4 rings (SSSR count). The number of hydrogen-bond donors (Lipinski definition) is 2. The molecule has 2 saturated carbocycles. The van der Waals surface area contributed by atoms with Crippen LogP contribution in [0, 0.1) is 35.0 Å². The quantitative estimate of drug-likeness (QED) is 0.803. The van der Waals surface area contributed by atoms with Gasteiger partial charge in [-0.15, -0.1) is 0 Å². The summed E-state index contributed by atoms with van der Waals surface area (Å²) < 4.78 is 0. The summed E-state index contributed by atoms with van der Waals surface area (Å²) in [4.78, 5) is 22.7. The Labute approximate surface area is 155 Å². The molecule has 4 aliphatic rings. The highest BCUT2D eigenvalue weighted by Gasteiger charge is 2.55. The number of carboxylic acid groups (broad SMARTS) is 1. The number of aliphatic hydroxyl groups excluding tert-OH is 1. The fourth-order valence-corrected chi connectivity index (χ4v) is 6.76. The van der Waals surface area contributed by atoms with Gasteiger partial charge in [0.05, 0.1) is 12.5 Å². The van der Waals surface area contributed by atoms with Crippen molar-refractivity contribution in [2.75, 3.05) is 0 Å². The van der Waals surface area contributed by atoms with Crippen molar-refractivity contribution in [1.29, 1.82) is 0 Å². The first kappa shape index (κ1) is 18.0. The lowest BCUT2D eigenvalue weighted by Crippen LogP contribution is -2.45. The largest absolute Gasteiger partial charge is 0.481 e. The van der Waals surface area contributed by atoms with Gasteiger partial charge >= 0.3 is 5.97 Å². The van der Waals surface area contributed by atoms with Crippen LogP contribution in [0.15, 0.2) is 23.8 Å². The molecule has 0 spiro atoms. The SMILES string of the molecule is C[C@]12CC[C@H]3[C@@H](C=CC4=CC(=O)CC[C@@H]43)[C@@H]1CC[C@@H]2CC(O)CC(=O)O. The zero-order valence-electron chi connectivity index (χ0n) is 15.6. The molecule has 7 atom stereocenters. The number of fused-ring (bicyclic) bond motifs is 5. The fourth-order valence-electron chi connectivity index (χ4n) is 6.76. The molecule has 1 unspecified atom stereocenters. The van der Waals surface area contributed by atoms with E-state index in [0.717, 1.165) is 19.3 Å². The molecule has 0 heterocycles. The maximum absolute atomic E-state index is 11.8. The third kappa shape index (κ3) is 2.96. The molecule has 2 N–H and O–H groups in total. The minimum Gasteiger partial charge on any atom is -0.481 e. The van der Waals surface area contributed by atoms with Crippen molar-refractivity contribution in [3.05, 3.63) is 23.8 Å². The molecule has 4 aliphatic carbocycles. The Bertz CT molecular complexity index is 663. The van der Waals surface area contributed by atoms with Gasteiger partial charge in [-0.25, -0.2) is 0 Å². The normalized spacial score (nSPS) is 42.5. The van der Waals surface area contributed by atoms with Gasteiger partial charge in [-0.1, -0.05) is 19.1 Å². The van der Waals surface area contributed by atoms with Gasteiger partial charge in [0.15, 0.2) is 5.78 Å². The topological polar surface area (TPSA) is 74.6 Å². The summed E-state index contributed by atoms with van der Waals surface area (Å²) in [6, 6.07) is 0. The number of rotatable bonds is 4. The molecule has 0 aromatic carbocycles. The van der Waals surface area contributed by atoms with Crippen LogP contribution in [-0.4, -0.2) is 28.1 Å². The molecule has 0 saturated heterocycles. The zero-order valence-corrected chi connectivity index (χ0v) is 15.6. The molecule has 0 aromatic heterocycles. The van der Waals surface area contributed by atoms with E-state index >= 15 is 0 Å². The second kappa shape index (κ2) is 6.63. The van der Waals surface area contributed by atoms with Crippen LogP contribution in [0.3, 0.4) is 0 Å². The first-order valence-electron chi connectivity index (χ1n) is 10.2. The predicted octanol–water partition coefficient (Wildman–Crippen LogP) is 3.75. The Hall–Kier alpha value is -1.42. The molecule has 4 heteroatoms. The van der Waals surface area contributed by atoms with Crippen molar-refractivity contribution in [1.82, 2.24) is 0 Å². The molecule has 0 aromatic rings. The van der Waals surface area contributed by atoms with Gasteiger partial charge in [0.25, 0.3) is 0 Å². The lowest BCUT2D eigenvalue weighted by molar-refractivity contribution is -0.139. The van der Waals surface area contributed by atoms with Crippen molar-refractivity contribution in [3.8, 4) is 0 Å². The van der Waals surface area contributed by atoms with Gasteiger partial charge in [0, 0.05) is 6.42 Å². The molecule has 26 heavy (non-hydrogen) atoms. The van der Waals surface area contributed by atoms with Crippen molar-refractivity contribution >= 4 is 11.8 Å². The molecule has 0 bridgehead atoms. The van der Waals surface area contributed by atoms with E-state index in [2.05, 4.69) is 19.1 Å². The smallest absolute Gasteiger partial charge is 0.305 e. The highest BCUT2D eigenvalue weighted by molar-refractivity contribution is 5.91. The first-order chi connectivity index (χ1) is 12.4. The maximum atomic E-state index is 11.8. The van der Waals surface area contributed by atoms with E-state index in [0.29, 0.717) is 42.4 Å². The Morgan fingerprint density at radius 1 is 1.31 bits per heavy atom. The standard InChI is InChI=1S/C22H30O4/c1-22-9-8-18-17-6-4-15(23)10-13(17)2-5-19(18)20(22)7-3-14(22)11-16(24)12-21(25)26/h2,5,10,14,16-20,24H,3-4,6-9,11-12H2,1H3,(H,25,26)/t14-,16?,17+,18-,19-,20+,22-/m1/s1. The predicted molar refractivity (Wildman–Crippen MR) is 98.4 cm³/mol. The minimum atomic E-state index is -0.915. The van der Waals surface area contributed by atoms with Gasteiger partial charge in [-0.3, -0.25) is 9.59 Å². The Balaban J connectivity index is 1.53. The number of ketones is 1. The van der Waals surface area contributed by atoms with Crippen molar-refractivity contribution in [2.24, 2.45) is 35.0 Å². The molecule has 142 valence electrons. The highest BCUT2D eigenvalue weighted by Crippen LogP contribution is 2.63. The second-order valence-electron chi connectivity index (χ2n) is 9.27. The molecule has 0 radical (unpaired) electrons. The summed E-state index contributed by atoms with van der Waals surface area (Å²) in [6.07, 6.45) is 12.5. The number of carboxylic acids is 1. The summed E-state index contributed by atoms with van der Waals surface area (Å²) in [7, 11) is 0. The van der Waals surface area contributed by atoms with Gasteiger partial charge in [-0.05, 0) is 85.2 Å². The molecule has 4 nitrogen and oxygen atoms in total. The number of aliphatic carboxylic acids is 1. The lowest BCUT2D eigenvalue weighted by Gasteiger charge is -2.52. The number of carbonyl (C=O) groups is 2. The van der Waals surface area contributed by atoms with Crippen LogP contribution >= 0.6 is 0 Å². The zero-order chi connectivity index (χ0) is 18.5. The van der Waals surface area contributed by atoms with E-state index in [1.54, 1.807) is 0 Å². The molecule has 0 amide bonds. The van der Waals surface area contributed by atoms with Gasteiger partial charge < -0.3 is 10.2 Å². The van der Waals surface area contributed by atoms with Crippen molar-refractivity contribution < 1.29 is 19.8 Å². The molecular formula is C22H30O4. The highest BCUT2D eigenvalue weighted by atomic mass is 16.4. The average molecular weight is 358 g/mol. The van der Waals surface area contributed by atoms with Crippen LogP contribution in [0.5, 0.6) is 0 Å². The Morgan fingerprint density at radius 2 is 2.12 bits per heavy atom. The first-order valence-corrected chi connectivity index (χ1v) is 10.2. The van der Waals surface area contributed by atoms with Crippen LogP contribution in [0.25, 0.3) is 0 Å². The van der Waals surface area contributed by atoms with E-state index in [1.807, 2.05) is 6.08 Å². The number of carbonyl (C=O) groups excluding carboxylic acids is 1. The number of aliphatic hydroxyl groups is 1. The van der Waals surface area contributed by atoms with E-state index in [4.69, 9.17) is 5.11 Å².